The summed E-state index contributed by atoms with van der Waals surface area (Å²) in [5.41, 5.74) is 0.322. The van der Waals surface area contributed by atoms with E-state index in [4.69, 9.17) is 4.74 Å². The molecule has 1 fully saturated rings. The average Bonchev–Trinajstić information content (AvgIpc) is 3.10. The van der Waals surface area contributed by atoms with Gasteiger partial charge in [0.1, 0.15) is 22.9 Å². The van der Waals surface area contributed by atoms with Crippen LogP contribution in [0.3, 0.4) is 0 Å². The highest BCUT2D eigenvalue weighted by Gasteiger charge is 2.41. The van der Waals surface area contributed by atoms with Crippen LogP contribution in [0.15, 0.2) is 77.7 Å². The van der Waals surface area contributed by atoms with E-state index in [1.807, 2.05) is 18.2 Å². The van der Waals surface area contributed by atoms with E-state index in [0.29, 0.717) is 28.5 Å². The first kappa shape index (κ1) is 23.3. The van der Waals surface area contributed by atoms with Crippen LogP contribution in [0, 0.1) is 5.82 Å². The fourth-order valence-corrected chi connectivity index (χ4v) is 4.41. The first-order valence-corrected chi connectivity index (χ1v) is 11.5. The third-order valence-corrected chi connectivity index (χ3v) is 6.58. The summed E-state index contributed by atoms with van der Waals surface area (Å²) in [4.78, 5) is 37.0. The van der Waals surface area contributed by atoms with Crippen molar-refractivity contribution in [1.82, 2.24) is 16.0 Å². The molecule has 1 atom stereocenters. The quantitative estimate of drug-likeness (QED) is 0.332. The minimum absolute atomic E-state index is 0.250. The van der Waals surface area contributed by atoms with E-state index in [9.17, 15) is 18.8 Å². The Morgan fingerprint density at radius 3 is 2.29 bits per heavy atom. The third kappa shape index (κ3) is 5.55. The Morgan fingerprint density at radius 1 is 1.00 bits per heavy atom. The van der Waals surface area contributed by atoms with Gasteiger partial charge in [-0.1, -0.05) is 24.3 Å². The second-order valence-corrected chi connectivity index (χ2v) is 8.92. The van der Waals surface area contributed by atoms with Gasteiger partial charge in [-0.05, 0) is 61.0 Å². The number of rotatable bonds is 8. The summed E-state index contributed by atoms with van der Waals surface area (Å²) < 4.78 is 18.7. The molecular formula is C25H22FN3O4S. The van der Waals surface area contributed by atoms with Crippen molar-refractivity contribution < 1.29 is 23.5 Å². The lowest BCUT2D eigenvalue weighted by Crippen LogP contribution is -2.46. The van der Waals surface area contributed by atoms with Crippen molar-refractivity contribution in [3.63, 3.8) is 0 Å². The Morgan fingerprint density at radius 2 is 1.65 bits per heavy atom. The highest BCUT2D eigenvalue weighted by atomic mass is 32.2. The molecule has 0 saturated carbocycles. The van der Waals surface area contributed by atoms with Gasteiger partial charge in [-0.3, -0.25) is 14.9 Å². The number of imide groups is 1. The van der Waals surface area contributed by atoms with Crippen LogP contribution in [0.25, 0.3) is 0 Å². The van der Waals surface area contributed by atoms with Gasteiger partial charge < -0.3 is 15.4 Å². The maximum absolute atomic E-state index is 13.0. The van der Waals surface area contributed by atoms with Gasteiger partial charge in [0.2, 0.25) is 0 Å². The van der Waals surface area contributed by atoms with Crippen molar-refractivity contribution in [2.75, 3.05) is 5.75 Å². The number of nitrogens with one attached hydrogen (secondary N) is 3. The van der Waals surface area contributed by atoms with Crippen LogP contribution in [0.4, 0.5) is 9.18 Å². The molecule has 1 saturated heterocycles. The van der Waals surface area contributed by atoms with Gasteiger partial charge in [-0.15, -0.1) is 11.8 Å². The SMILES string of the molecule is C[C@@]1(CSc2ccccc2C(=O)NCc2ccc(Oc3ccc(F)cc3)cc2)NC(=O)NC1=O. The monoisotopic (exact) mass is 479 g/mol. The van der Waals surface area contributed by atoms with Crippen molar-refractivity contribution in [3.8, 4) is 11.5 Å². The fraction of sp³-hybridized carbons (Fsp3) is 0.160. The normalized spacial score (nSPS) is 17.1. The van der Waals surface area contributed by atoms with Crippen molar-refractivity contribution in [2.45, 2.75) is 23.9 Å². The lowest BCUT2D eigenvalue weighted by Gasteiger charge is -2.20. The van der Waals surface area contributed by atoms with Crippen LogP contribution >= 0.6 is 11.8 Å². The van der Waals surface area contributed by atoms with E-state index in [1.165, 1.54) is 23.9 Å². The molecule has 34 heavy (non-hydrogen) atoms. The molecule has 9 heteroatoms. The summed E-state index contributed by atoms with van der Waals surface area (Å²) in [6, 6.07) is 19.6. The molecular weight excluding hydrogens is 457 g/mol. The van der Waals surface area contributed by atoms with Gasteiger partial charge in [0.05, 0.1) is 5.56 Å². The zero-order chi connectivity index (χ0) is 24.1. The van der Waals surface area contributed by atoms with E-state index in [1.54, 1.807) is 49.4 Å². The van der Waals surface area contributed by atoms with E-state index >= 15 is 0 Å². The minimum Gasteiger partial charge on any atom is -0.457 e. The van der Waals surface area contributed by atoms with E-state index in [0.717, 1.165) is 5.56 Å². The lowest BCUT2D eigenvalue weighted by molar-refractivity contribution is -0.122. The minimum atomic E-state index is -1.04. The highest BCUT2D eigenvalue weighted by molar-refractivity contribution is 7.99. The zero-order valence-electron chi connectivity index (χ0n) is 18.3. The standard InChI is InChI=1S/C25H22FN3O4S/c1-25(23(31)28-24(32)29-25)15-34-21-5-3-2-4-20(21)22(30)27-14-16-6-10-18(11-7-16)33-19-12-8-17(26)9-13-19/h2-13H,14-15H2,1H3,(H,27,30)(H2,28,29,31,32)/t25-/m0/s1. The molecule has 174 valence electrons. The maximum Gasteiger partial charge on any atom is 0.322 e. The molecule has 1 aliphatic heterocycles. The van der Waals surface area contributed by atoms with Gasteiger partial charge in [-0.2, -0.15) is 0 Å². The molecule has 1 heterocycles. The summed E-state index contributed by atoms with van der Waals surface area (Å²) in [5.74, 6) is 0.437. The van der Waals surface area contributed by atoms with E-state index in [-0.39, 0.29) is 17.5 Å². The highest BCUT2D eigenvalue weighted by Crippen LogP contribution is 2.28. The van der Waals surface area contributed by atoms with Crippen LogP contribution in [0.1, 0.15) is 22.8 Å². The Hall–Kier alpha value is -3.85. The second kappa shape index (κ2) is 9.96. The molecule has 1 aliphatic rings. The number of amides is 4. The number of thioether (sulfide) groups is 1. The molecule has 0 aliphatic carbocycles. The Labute approximate surface area is 200 Å². The summed E-state index contributed by atoms with van der Waals surface area (Å²) in [6.45, 7) is 1.96. The number of ether oxygens (including phenoxy) is 1. The predicted octanol–water partition coefficient (Wildman–Crippen LogP) is 4.24. The summed E-state index contributed by atoms with van der Waals surface area (Å²) in [5, 5.41) is 7.75. The molecule has 7 nitrogen and oxygen atoms in total. The Bertz CT molecular complexity index is 1220. The van der Waals surface area contributed by atoms with E-state index < -0.39 is 17.5 Å². The number of halogens is 1. The van der Waals surface area contributed by atoms with Crippen LogP contribution < -0.4 is 20.7 Å². The number of carbonyl (C=O) groups is 3. The van der Waals surface area contributed by atoms with E-state index in [2.05, 4.69) is 16.0 Å². The van der Waals surface area contributed by atoms with Gasteiger partial charge >= 0.3 is 6.03 Å². The van der Waals surface area contributed by atoms with Gasteiger partial charge in [0.25, 0.3) is 11.8 Å². The fourth-order valence-electron chi connectivity index (χ4n) is 3.28. The topological polar surface area (TPSA) is 96.5 Å². The lowest BCUT2D eigenvalue weighted by atomic mass is 10.1. The van der Waals surface area contributed by atoms with Gasteiger partial charge in [0.15, 0.2) is 0 Å². The van der Waals surface area contributed by atoms with Crippen molar-refractivity contribution in [1.29, 1.82) is 0 Å². The molecule has 3 aromatic carbocycles. The Kier molecular flexibility index (Phi) is 6.83. The molecule has 3 aromatic rings. The van der Waals surface area contributed by atoms with Gasteiger partial charge in [-0.25, -0.2) is 9.18 Å². The molecule has 0 radical (unpaired) electrons. The summed E-state index contributed by atoms with van der Waals surface area (Å²) in [6.07, 6.45) is 0. The zero-order valence-corrected chi connectivity index (χ0v) is 19.1. The number of carbonyl (C=O) groups excluding carboxylic acids is 3. The van der Waals surface area contributed by atoms with Crippen LogP contribution in [-0.2, 0) is 11.3 Å². The predicted molar refractivity (Wildman–Crippen MR) is 126 cm³/mol. The van der Waals surface area contributed by atoms with Crippen LogP contribution in [0.5, 0.6) is 11.5 Å². The number of urea groups is 1. The molecule has 3 N–H and O–H groups in total. The number of hydrogen-bond donors (Lipinski definition) is 3. The van der Waals surface area contributed by atoms with Crippen molar-refractivity contribution in [3.05, 3.63) is 89.7 Å². The first-order valence-electron chi connectivity index (χ1n) is 10.5. The molecule has 4 amide bonds. The molecule has 0 bridgehead atoms. The van der Waals surface area contributed by atoms with Crippen molar-refractivity contribution >= 4 is 29.6 Å². The third-order valence-electron chi connectivity index (χ3n) is 5.19. The van der Waals surface area contributed by atoms with Crippen molar-refractivity contribution in [2.24, 2.45) is 0 Å². The molecule has 0 spiro atoms. The maximum atomic E-state index is 13.0. The van der Waals surface area contributed by atoms with Crippen LogP contribution in [0.2, 0.25) is 0 Å². The summed E-state index contributed by atoms with van der Waals surface area (Å²) >= 11 is 1.33. The average molecular weight is 480 g/mol. The van der Waals surface area contributed by atoms with Crippen LogP contribution in [-0.4, -0.2) is 29.1 Å². The molecule has 0 unspecified atom stereocenters. The second-order valence-electron chi connectivity index (χ2n) is 7.91. The van der Waals surface area contributed by atoms with Gasteiger partial charge in [0, 0.05) is 17.2 Å². The number of benzene rings is 3. The smallest absolute Gasteiger partial charge is 0.322 e. The summed E-state index contributed by atoms with van der Waals surface area (Å²) in [7, 11) is 0. The molecule has 4 rings (SSSR count). The first-order chi connectivity index (χ1) is 16.3. The molecule has 0 aromatic heterocycles. The number of hydrogen-bond acceptors (Lipinski definition) is 5. The largest absolute Gasteiger partial charge is 0.457 e. The Balaban J connectivity index is 1.34.